The molecule has 0 aromatic heterocycles. The molecule has 0 heterocycles. The summed E-state index contributed by atoms with van der Waals surface area (Å²) >= 11 is 0. The van der Waals surface area contributed by atoms with Crippen molar-refractivity contribution in [2.24, 2.45) is 28.6 Å². The van der Waals surface area contributed by atoms with Crippen LogP contribution in [0.5, 0.6) is 0 Å². The Morgan fingerprint density at radius 3 is 2.67 bits per heavy atom. The number of ether oxygens (including phenoxy) is 1. The minimum atomic E-state index is -2.07. The Morgan fingerprint density at radius 2 is 2.00 bits per heavy atom. The average Bonchev–Trinajstić information content (AvgIpc) is 3.04. The molecule has 8 atom stereocenters. The number of aliphatic hydroxyl groups excluding tert-OH is 1. The predicted molar refractivity (Wildman–Crippen MR) is 122 cm³/mol. The van der Waals surface area contributed by atoms with Crippen molar-refractivity contribution in [3.8, 4) is 0 Å². The minimum absolute atomic E-state index is 0.0598. The van der Waals surface area contributed by atoms with Gasteiger partial charge in [0, 0.05) is 23.2 Å². The number of fused-ring (bicyclic) bond motifs is 5. The number of hydrogen-bond acceptors (Lipinski definition) is 4. The maximum atomic E-state index is 17.2. The van der Waals surface area contributed by atoms with E-state index in [0.29, 0.717) is 32.1 Å². The van der Waals surface area contributed by atoms with Crippen molar-refractivity contribution in [2.75, 3.05) is 0 Å². The van der Waals surface area contributed by atoms with Crippen LogP contribution >= 0.6 is 0 Å². The molecule has 0 radical (unpaired) electrons. The van der Waals surface area contributed by atoms with Crippen LogP contribution in [0.2, 0.25) is 0 Å². The largest absolute Gasteiger partial charge is 0.461 e. The Hall–Kier alpha value is -1.56. The summed E-state index contributed by atoms with van der Waals surface area (Å²) in [7, 11) is 0. The zero-order chi connectivity index (χ0) is 24.2. The Labute approximate surface area is 195 Å². The van der Waals surface area contributed by atoms with Crippen molar-refractivity contribution in [2.45, 2.75) is 103 Å². The van der Waals surface area contributed by atoms with Gasteiger partial charge in [0.05, 0.1) is 6.10 Å². The van der Waals surface area contributed by atoms with Gasteiger partial charge in [0.1, 0.15) is 6.10 Å². The molecule has 4 rings (SSSR count). The average molecular weight is 465 g/mol. The summed E-state index contributed by atoms with van der Waals surface area (Å²) in [6.07, 6.45) is 6.32. The van der Waals surface area contributed by atoms with Gasteiger partial charge in [-0.15, -0.1) is 0 Å². The molecule has 0 unspecified atom stereocenters. The van der Waals surface area contributed by atoms with Crippen molar-refractivity contribution >= 4 is 11.8 Å². The molecule has 3 saturated carbocycles. The number of halogens is 2. The topological polar surface area (TPSA) is 63.6 Å². The van der Waals surface area contributed by atoms with E-state index in [-0.39, 0.29) is 35.9 Å². The highest BCUT2D eigenvalue weighted by Gasteiger charge is 2.72. The highest BCUT2D eigenvalue weighted by Crippen LogP contribution is 2.70. The number of esters is 1. The molecular formula is C27H38F2O4. The van der Waals surface area contributed by atoms with E-state index in [9.17, 15) is 19.1 Å². The standard InChI is InChI=1S/C27H38F2O4/c1-5-7-8-9-22(32)33-24-16(3)14-19-17-10-11-18-23(28)20(30)12-13-25(18,4)27(17,29)21(31)15-26(19,24)6-2/h12-13,16-17,19,21,24,31H,5-11,14-15H2,1-4H3/t16-,17-,19-,21-,24+,25-,26-,27-/m0/s1. The van der Waals surface area contributed by atoms with E-state index >= 15 is 4.39 Å². The first-order valence-corrected chi connectivity index (χ1v) is 12.8. The van der Waals surface area contributed by atoms with Gasteiger partial charge in [-0.2, -0.15) is 0 Å². The number of alkyl halides is 1. The number of allylic oxidation sites excluding steroid dienone is 4. The molecule has 0 aromatic rings. The van der Waals surface area contributed by atoms with Crippen molar-refractivity contribution < 1.29 is 28.2 Å². The Balaban J connectivity index is 1.68. The third-order valence-electron chi connectivity index (χ3n) is 9.61. The smallest absolute Gasteiger partial charge is 0.306 e. The number of unbranched alkanes of at least 4 members (excludes halogenated alkanes) is 2. The summed E-state index contributed by atoms with van der Waals surface area (Å²) in [6, 6.07) is 0. The zero-order valence-corrected chi connectivity index (χ0v) is 20.3. The summed E-state index contributed by atoms with van der Waals surface area (Å²) in [5, 5.41) is 11.4. The number of aliphatic hydroxyl groups is 1. The van der Waals surface area contributed by atoms with Crippen molar-refractivity contribution in [3.63, 3.8) is 0 Å². The van der Waals surface area contributed by atoms with Crippen LogP contribution in [-0.4, -0.2) is 34.7 Å². The van der Waals surface area contributed by atoms with Crippen LogP contribution in [0.1, 0.15) is 85.5 Å². The van der Waals surface area contributed by atoms with Crippen LogP contribution in [0.3, 0.4) is 0 Å². The van der Waals surface area contributed by atoms with Crippen LogP contribution in [0.4, 0.5) is 8.78 Å². The fourth-order valence-electron chi connectivity index (χ4n) is 7.94. The van der Waals surface area contributed by atoms with E-state index in [1.165, 1.54) is 6.08 Å². The zero-order valence-electron chi connectivity index (χ0n) is 20.3. The van der Waals surface area contributed by atoms with Gasteiger partial charge < -0.3 is 9.84 Å². The van der Waals surface area contributed by atoms with Crippen molar-refractivity contribution in [3.05, 3.63) is 23.6 Å². The first-order valence-electron chi connectivity index (χ1n) is 12.8. The van der Waals surface area contributed by atoms with Crippen LogP contribution in [-0.2, 0) is 14.3 Å². The van der Waals surface area contributed by atoms with Gasteiger partial charge >= 0.3 is 5.97 Å². The van der Waals surface area contributed by atoms with Crippen molar-refractivity contribution in [1.29, 1.82) is 0 Å². The minimum Gasteiger partial charge on any atom is -0.461 e. The molecular weight excluding hydrogens is 426 g/mol. The molecule has 0 aromatic carbocycles. The number of carbonyl (C=O) groups excluding carboxylic acids is 2. The monoisotopic (exact) mass is 464 g/mol. The second kappa shape index (κ2) is 8.58. The van der Waals surface area contributed by atoms with Gasteiger partial charge in [0.2, 0.25) is 5.78 Å². The summed E-state index contributed by atoms with van der Waals surface area (Å²) in [4.78, 5) is 24.6. The number of rotatable bonds is 6. The van der Waals surface area contributed by atoms with E-state index in [1.807, 2.05) is 6.92 Å². The molecule has 4 aliphatic rings. The Bertz CT molecular complexity index is 881. The molecule has 184 valence electrons. The molecule has 0 spiro atoms. The van der Waals surface area contributed by atoms with Gasteiger partial charge in [-0.05, 0) is 68.9 Å². The first kappa shape index (κ1) is 24.6. The van der Waals surface area contributed by atoms with Crippen molar-refractivity contribution in [1.82, 2.24) is 0 Å². The molecule has 4 aliphatic carbocycles. The number of ketones is 1. The molecule has 6 heteroatoms. The number of carbonyl (C=O) groups is 2. The second-order valence-electron chi connectivity index (χ2n) is 11.1. The Kier molecular flexibility index (Phi) is 6.39. The molecule has 33 heavy (non-hydrogen) atoms. The lowest BCUT2D eigenvalue weighted by Crippen LogP contribution is -2.67. The maximum Gasteiger partial charge on any atom is 0.306 e. The van der Waals surface area contributed by atoms with Gasteiger partial charge in [0.25, 0.3) is 0 Å². The van der Waals surface area contributed by atoms with E-state index in [2.05, 4.69) is 13.8 Å². The molecule has 0 saturated heterocycles. The summed E-state index contributed by atoms with van der Waals surface area (Å²) in [6.45, 7) is 7.81. The highest BCUT2D eigenvalue weighted by molar-refractivity contribution is 6.04. The molecule has 0 bridgehead atoms. The SMILES string of the molecule is CCCCCC(=O)O[C@@H]1[C@@H](C)C[C@H]2[C@@H]3CCC4=C(F)C(=O)C=C[C@]4(C)[C@@]3(F)[C@@H](O)C[C@]12CC. The lowest BCUT2D eigenvalue weighted by Gasteiger charge is -2.62. The molecule has 0 amide bonds. The van der Waals surface area contributed by atoms with Gasteiger partial charge in [-0.3, -0.25) is 9.59 Å². The first-order chi connectivity index (χ1) is 15.6. The Morgan fingerprint density at radius 1 is 1.27 bits per heavy atom. The van der Waals surface area contributed by atoms with E-state index in [1.54, 1.807) is 6.92 Å². The van der Waals surface area contributed by atoms with E-state index in [0.717, 1.165) is 25.3 Å². The fraction of sp³-hybridized carbons (Fsp3) is 0.778. The maximum absolute atomic E-state index is 17.2. The summed E-state index contributed by atoms with van der Waals surface area (Å²) in [5.41, 5.74) is -3.74. The fourth-order valence-corrected chi connectivity index (χ4v) is 7.94. The molecule has 4 nitrogen and oxygen atoms in total. The van der Waals surface area contributed by atoms with E-state index < -0.39 is 40.1 Å². The van der Waals surface area contributed by atoms with Crippen LogP contribution in [0, 0.1) is 28.6 Å². The highest BCUT2D eigenvalue weighted by atomic mass is 19.1. The summed E-state index contributed by atoms with van der Waals surface area (Å²) in [5.74, 6) is -2.31. The quantitative estimate of drug-likeness (QED) is 0.400. The third kappa shape index (κ3) is 3.37. The lowest BCUT2D eigenvalue weighted by molar-refractivity contribution is -0.212. The predicted octanol–water partition coefficient (Wildman–Crippen LogP) is 5.78. The normalized spacial score (nSPS) is 44.3. The van der Waals surface area contributed by atoms with Crippen LogP contribution in [0.25, 0.3) is 0 Å². The van der Waals surface area contributed by atoms with Crippen LogP contribution in [0.15, 0.2) is 23.6 Å². The van der Waals surface area contributed by atoms with Gasteiger partial charge in [-0.25, -0.2) is 8.78 Å². The lowest BCUT2D eigenvalue weighted by atomic mass is 9.45. The third-order valence-corrected chi connectivity index (χ3v) is 9.61. The molecule has 1 N–H and O–H groups in total. The number of hydrogen-bond donors (Lipinski definition) is 1. The van der Waals surface area contributed by atoms with Gasteiger partial charge in [0.15, 0.2) is 11.5 Å². The van der Waals surface area contributed by atoms with Gasteiger partial charge in [-0.1, -0.05) is 39.7 Å². The summed E-state index contributed by atoms with van der Waals surface area (Å²) < 4.78 is 38.0. The van der Waals surface area contributed by atoms with Crippen LogP contribution < -0.4 is 0 Å². The molecule has 0 aliphatic heterocycles. The molecule has 3 fully saturated rings. The van der Waals surface area contributed by atoms with E-state index in [4.69, 9.17) is 4.74 Å². The second-order valence-corrected chi connectivity index (χ2v) is 11.1.